The van der Waals surface area contributed by atoms with E-state index in [1.807, 2.05) is 24.4 Å². The van der Waals surface area contributed by atoms with E-state index in [9.17, 15) is 0 Å². The van der Waals surface area contributed by atoms with Gasteiger partial charge in [-0.05, 0) is 12.1 Å². The van der Waals surface area contributed by atoms with Crippen molar-refractivity contribution in [3.05, 3.63) is 42.5 Å². The van der Waals surface area contributed by atoms with Crippen LogP contribution in [0.5, 0.6) is 0 Å². The van der Waals surface area contributed by atoms with Crippen LogP contribution >= 0.6 is 0 Å². The molecule has 1 aromatic heterocycles. The zero-order valence-corrected chi connectivity index (χ0v) is 7.09. The maximum absolute atomic E-state index is 4.24. The second kappa shape index (κ2) is 3.76. The Labute approximate surface area is 76.6 Å². The lowest BCUT2D eigenvalue weighted by Crippen LogP contribution is -1.89. The Balaban J connectivity index is 2.36. The first kappa shape index (κ1) is 7.86. The van der Waals surface area contributed by atoms with Crippen molar-refractivity contribution in [3.63, 3.8) is 0 Å². The van der Waals surface area contributed by atoms with Crippen molar-refractivity contribution in [2.75, 3.05) is 0 Å². The third-order valence-electron chi connectivity index (χ3n) is 1.66. The van der Waals surface area contributed by atoms with Crippen LogP contribution in [0.15, 0.2) is 41.7 Å². The number of hydrogen-bond donors (Lipinski definition) is 0. The normalized spacial score (nSPS) is 15.2. The van der Waals surface area contributed by atoms with Crippen LogP contribution < -0.4 is 0 Å². The first-order valence-electron chi connectivity index (χ1n) is 4.13. The molecule has 0 unspecified atom stereocenters. The summed E-state index contributed by atoms with van der Waals surface area (Å²) in [5.41, 5.74) is 0.814. The number of allylic oxidation sites excluding steroid dienone is 3. The van der Waals surface area contributed by atoms with Gasteiger partial charge in [0.1, 0.15) is 5.70 Å². The smallest absolute Gasteiger partial charge is 0.178 e. The summed E-state index contributed by atoms with van der Waals surface area (Å²) in [6, 6.07) is 1.79. The molecule has 13 heavy (non-hydrogen) atoms. The lowest BCUT2D eigenvalue weighted by molar-refractivity contribution is 1.11. The molecule has 0 radical (unpaired) electrons. The van der Waals surface area contributed by atoms with Crippen LogP contribution in [0.25, 0.3) is 5.70 Å². The Morgan fingerprint density at radius 2 is 2.00 bits per heavy atom. The van der Waals surface area contributed by atoms with Gasteiger partial charge in [-0.2, -0.15) is 0 Å². The van der Waals surface area contributed by atoms with Gasteiger partial charge in [0.2, 0.25) is 0 Å². The first-order valence-corrected chi connectivity index (χ1v) is 4.13. The van der Waals surface area contributed by atoms with Gasteiger partial charge in [-0.25, -0.2) is 9.97 Å². The van der Waals surface area contributed by atoms with E-state index in [0.29, 0.717) is 5.82 Å². The number of nitrogens with zero attached hydrogens (tertiary/aromatic N) is 3. The Morgan fingerprint density at radius 1 is 1.15 bits per heavy atom. The Morgan fingerprint density at radius 3 is 2.85 bits per heavy atom. The lowest BCUT2D eigenvalue weighted by Gasteiger charge is -1.96. The van der Waals surface area contributed by atoms with Gasteiger partial charge in [0, 0.05) is 25.0 Å². The average molecular weight is 171 g/mol. The van der Waals surface area contributed by atoms with Gasteiger partial charge in [-0.1, -0.05) is 12.2 Å². The molecule has 0 spiro atoms. The minimum absolute atomic E-state index is 0.672. The molecular formula is C10H9N3. The summed E-state index contributed by atoms with van der Waals surface area (Å²) < 4.78 is 0. The number of hydrogen-bond acceptors (Lipinski definition) is 3. The molecule has 1 aliphatic rings. The second-order valence-electron chi connectivity index (χ2n) is 2.60. The maximum Gasteiger partial charge on any atom is 0.178 e. The Kier molecular flexibility index (Phi) is 2.27. The molecule has 1 aliphatic heterocycles. The third-order valence-corrected chi connectivity index (χ3v) is 1.66. The monoisotopic (exact) mass is 171 g/mol. The SMILES string of the molecule is C1=CCC=NC(c2ncccn2)=C1. The summed E-state index contributed by atoms with van der Waals surface area (Å²) in [7, 11) is 0. The average Bonchev–Trinajstić information content (AvgIpc) is 2.47. The van der Waals surface area contributed by atoms with Crippen LogP contribution in [0.2, 0.25) is 0 Å². The van der Waals surface area contributed by atoms with Crippen molar-refractivity contribution in [3.8, 4) is 0 Å². The predicted molar refractivity (Wildman–Crippen MR) is 52.3 cm³/mol. The summed E-state index contributed by atoms with van der Waals surface area (Å²) in [5, 5.41) is 0. The maximum atomic E-state index is 4.24. The Bertz CT molecular complexity index is 363. The topological polar surface area (TPSA) is 38.1 Å². The molecular weight excluding hydrogens is 162 g/mol. The van der Waals surface area contributed by atoms with E-state index in [2.05, 4.69) is 15.0 Å². The first-order chi connectivity index (χ1) is 6.47. The fraction of sp³-hybridized carbons (Fsp3) is 0.100. The molecule has 3 nitrogen and oxygen atoms in total. The predicted octanol–water partition coefficient (Wildman–Crippen LogP) is 1.85. The van der Waals surface area contributed by atoms with Gasteiger partial charge in [0.05, 0.1) is 0 Å². The van der Waals surface area contributed by atoms with Crippen LogP contribution in [-0.2, 0) is 0 Å². The number of aromatic nitrogens is 2. The quantitative estimate of drug-likeness (QED) is 0.646. The van der Waals surface area contributed by atoms with Crippen molar-refractivity contribution in [1.29, 1.82) is 0 Å². The van der Waals surface area contributed by atoms with Gasteiger partial charge in [0.15, 0.2) is 5.82 Å². The van der Waals surface area contributed by atoms with Gasteiger partial charge >= 0.3 is 0 Å². The number of aliphatic imine (C=N–C) groups is 1. The standard InChI is InChI=1S/C10H9N3/c1-2-5-9(11-6-3-1)10-12-7-4-8-13-10/h1-2,4-8H,3H2. The molecule has 0 N–H and O–H groups in total. The van der Waals surface area contributed by atoms with Gasteiger partial charge in [0.25, 0.3) is 0 Å². The van der Waals surface area contributed by atoms with E-state index in [-0.39, 0.29) is 0 Å². The van der Waals surface area contributed by atoms with E-state index in [4.69, 9.17) is 0 Å². The van der Waals surface area contributed by atoms with Gasteiger partial charge in [-0.3, -0.25) is 4.99 Å². The molecule has 2 rings (SSSR count). The van der Waals surface area contributed by atoms with Gasteiger partial charge in [-0.15, -0.1) is 0 Å². The third kappa shape index (κ3) is 1.87. The highest BCUT2D eigenvalue weighted by atomic mass is 14.9. The molecule has 0 aliphatic carbocycles. The molecule has 3 heteroatoms. The molecule has 0 fully saturated rings. The molecule has 1 aromatic rings. The molecule has 64 valence electrons. The molecule has 0 amide bonds. The van der Waals surface area contributed by atoms with Crippen molar-refractivity contribution in [2.24, 2.45) is 4.99 Å². The minimum atomic E-state index is 0.672. The number of rotatable bonds is 1. The highest BCUT2D eigenvalue weighted by Crippen LogP contribution is 2.11. The molecule has 0 saturated carbocycles. The molecule has 0 saturated heterocycles. The zero-order valence-electron chi connectivity index (χ0n) is 7.09. The Hall–Kier alpha value is -1.77. The van der Waals surface area contributed by atoms with E-state index >= 15 is 0 Å². The van der Waals surface area contributed by atoms with Crippen LogP contribution in [-0.4, -0.2) is 16.2 Å². The summed E-state index contributed by atoms with van der Waals surface area (Å²) in [6.07, 6.45) is 12.1. The van der Waals surface area contributed by atoms with Crippen LogP contribution in [0.3, 0.4) is 0 Å². The van der Waals surface area contributed by atoms with Crippen molar-refractivity contribution in [2.45, 2.75) is 6.42 Å². The van der Waals surface area contributed by atoms with Gasteiger partial charge < -0.3 is 0 Å². The van der Waals surface area contributed by atoms with E-state index in [1.165, 1.54) is 0 Å². The fourth-order valence-electron chi connectivity index (χ4n) is 1.06. The summed E-state index contributed by atoms with van der Waals surface area (Å²) in [5.74, 6) is 0.672. The van der Waals surface area contributed by atoms with Crippen LogP contribution in [0.4, 0.5) is 0 Å². The summed E-state index contributed by atoms with van der Waals surface area (Å²) in [4.78, 5) is 12.5. The largest absolute Gasteiger partial charge is 0.257 e. The van der Waals surface area contributed by atoms with E-state index in [1.54, 1.807) is 18.5 Å². The zero-order chi connectivity index (χ0) is 8.93. The highest BCUT2D eigenvalue weighted by Gasteiger charge is 2.00. The van der Waals surface area contributed by atoms with Crippen LogP contribution in [0, 0.1) is 0 Å². The van der Waals surface area contributed by atoms with Crippen molar-refractivity contribution in [1.82, 2.24) is 9.97 Å². The fourth-order valence-corrected chi connectivity index (χ4v) is 1.06. The molecule has 0 aromatic carbocycles. The van der Waals surface area contributed by atoms with Crippen molar-refractivity contribution >= 4 is 11.9 Å². The van der Waals surface area contributed by atoms with E-state index < -0.39 is 0 Å². The summed E-state index contributed by atoms with van der Waals surface area (Å²) >= 11 is 0. The molecule has 0 bridgehead atoms. The van der Waals surface area contributed by atoms with Crippen LogP contribution in [0.1, 0.15) is 12.2 Å². The lowest BCUT2D eigenvalue weighted by atomic mass is 10.3. The molecule has 2 heterocycles. The highest BCUT2D eigenvalue weighted by molar-refractivity contribution is 5.74. The molecule has 0 atom stereocenters. The van der Waals surface area contributed by atoms with Crippen molar-refractivity contribution < 1.29 is 0 Å². The summed E-state index contributed by atoms with van der Waals surface area (Å²) in [6.45, 7) is 0. The minimum Gasteiger partial charge on any atom is -0.257 e. The second-order valence-corrected chi connectivity index (χ2v) is 2.60. The van der Waals surface area contributed by atoms with E-state index in [0.717, 1.165) is 12.1 Å².